The molecule has 0 saturated carbocycles. The van der Waals surface area contributed by atoms with Gasteiger partial charge in [-0.05, 0) is 0 Å². The zero-order valence-electron chi connectivity index (χ0n) is 8.11. The van der Waals surface area contributed by atoms with Crippen LogP contribution in [0.15, 0.2) is 0 Å². The highest BCUT2D eigenvalue weighted by Gasteiger charge is 2.06. The standard InChI is InChI=1S/C3H7NO3.C2H5NO2.CH2O3/c4-2(1-5)3(6)7;3-1-2(4)5;2-1(3)4/h2,5H,1,4H2,(H,6,7);1,3H2,(H,4,5);(H2,2,3,4). The van der Waals surface area contributed by atoms with E-state index >= 15 is 0 Å². The molecule has 0 radical (unpaired) electrons. The van der Waals surface area contributed by atoms with Crippen molar-refractivity contribution >= 4 is 18.1 Å². The Labute approximate surface area is 89.7 Å². The molecule has 0 aliphatic rings. The summed E-state index contributed by atoms with van der Waals surface area (Å²) in [6, 6.07) is -1.13. The molecular formula is C6H14N2O8. The van der Waals surface area contributed by atoms with Crippen molar-refractivity contribution in [3.8, 4) is 0 Å². The largest absolute Gasteiger partial charge is 0.503 e. The number of carboxylic acid groups (broad SMARTS) is 4. The van der Waals surface area contributed by atoms with Gasteiger partial charge in [-0.15, -0.1) is 0 Å². The van der Waals surface area contributed by atoms with E-state index in [4.69, 9.17) is 36.1 Å². The molecule has 9 N–H and O–H groups in total. The Morgan fingerprint density at radius 2 is 1.31 bits per heavy atom. The molecule has 16 heavy (non-hydrogen) atoms. The number of hydrogen-bond acceptors (Lipinski definition) is 6. The first-order valence-electron chi connectivity index (χ1n) is 3.62. The van der Waals surface area contributed by atoms with Crippen LogP contribution in [-0.4, -0.2) is 62.8 Å². The highest BCUT2D eigenvalue weighted by atomic mass is 16.6. The van der Waals surface area contributed by atoms with E-state index in [1.807, 2.05) is 0 Å². The third-order valence-electron chi connectivity index (χ3n) is 0.689. The van der Waals surface area contributed by atoms with Crippen LogP contribution in [-0.2, 0) is 9.59 Å². The van der Waals surface area contributed by atoms with E-state index in [1.54, 1.807) is 0 Å². The number of aliphatic hydroxyl groups is 1. The molecular weight excluding hydrogens is 228 g/mol. The van der Waals surface area contributed by atoms with Gasteiger partial charge in [0.05, 0.1) is 13.2 Å². The average Bonchev–Trinajstić information content (AvgIpc) is 2.16. The van der Waals surface area contributed by atoms with Gasteiger partial charge >= 0.3 is 18.1 Å². The van der Waals surface area contributed by atoms with Gasteiger partial charge in [0, 0.05) is 0 Å². The molecule has 0 aromatic carbocycles. The van der Waals surface area contributed by atoms with Gasteiger partial charge in [-0.25, -0.2) is 4.79 Å². The molecule has 0 saturated heterocycles. The van der Waals surface area contributed by atoms with Crippen LogP contribution in [0.1, 0.15) is 0 Å². The van der Waals surface area contributed by atoms with E-state index in [0.29, 0.717) is 0 Å². The van der Waals surface area contributed by atoms with Crippen LogP contribution in [0, 0.1) is 0 Å². The topological polar surface area (TPSA) is 204 Å². The van der Waals surface area contributed by atoms with Crippen LogP contribution in [0.3, 0.4) is 0 Å². The molecule has 10 nitrogen and oxygen atoms in total. The van der Waals surface area contributed by atoms with Gasteiger partial charge < -0.3 is 37.0 Å². The summed E-state index contributed by atoms with van der Waals surface area (Å²) < 4.78 is 0. The molecule has 96 valence electrons. The van der Waals surface area contributed by atoms with E-state index in [9.17, 15) is 9.59 Å². The minimum atomic E-state index is -1.83. The second kappa shape index (κ2) is 13.1. The van der Waals surface area contributed by atoms with Crippen molar-refractivity contribution in [1.29, 1.82) is 0 Å². The molecule has 0 fully saturated rings. The van der Waals surface area contributed by atoms with Gasteiger partial charge in [-0.1, -0.05) is 0 Å². The Balaban J connectivity index is -0.000000166. The van der Waals surface area contributed by atoms with Crippen molar-refractivity contribution in [3.63, 3.8) is 0 Å². The first-order valence-corrected chi connectivity index (χ1v) is 3.62. The lowest BCUT2D eigenvalue weighted by Gasteiger charge is -1.96. The Bertz CT molecular complexity index is 215. The van der Waals surface area contributed by atoms with E-state index in [2.05, 4.69) is 5.73 Å². The minimum Gasteiger partial charge on any atom is -0.480 e. The van der Waals surface area contributed by atoms with E-state index in [1.165, 1.54) is 0 Å². The second-order valence-corrected chi connectivity index (χ2v) is 2.01. The number of carboxylic acids is 2. The molecule has 10 heteroatoms. The third-order valence-corrected chi connectivity index (χ3v) is 0.689. The molecule has 0 amide bonds. The second-order valence-electron chi connectivity index (χ2n) is 2.01. The number of hydrogen-bond donors (Lipinski definition) is 7. The highest BCUT2D eigenvalue weighted by Crippen LogP contribution is 1.71. The number of aliphatic carboxylic acids is 2. The first kappa shape index (κ1) is 19.6. The van der Waals surface area contributed by atoms with Crippen molar-refractivity contribution in [2.75, 3.05) is 13.2 Å². The highest BCUT2D eigenvalue weighted by molar-refractivity contribution is 5.73. The summed E-state index contributed by atoms with van der Waals surface area (Å²) in [5, 5.41) is 37.4. The molecule has 1 unspecified atom stereocenters. The molecule has 1 atom stereocenters. The number of nitrogens with two attached hydrogens (primary N) is 2. The van der Waals surface area contributed by atoms with Crippen LogP contribution < -0.4 is 11.5 Å². The fraction of sp³-hybridized carbons (Fsp3) is 0.500. The predicted octanol–water partition coefficient (Wildman–Crippen LogP) is -2.36. The molecule has 0 aliphatic heterocycles. The summed E-state index contributed by atoms with van der Waals surface area (Å²) in [6.07, 6.45) is -1.83. The van der Waals surface area contributed by atoms with Crippen molar-refractivity contribution in [2.24, 2.45) is 11.5 Å². The monoisotopic (exact) mass is 242 g/mol. The zero-order valence-corrected chi connectivity index (χ0v) is 8.11. The van der Waals surface area contributed by atoms with E-state index < -0.39 is 30.7 Å². The van der Waals surface area contributed by atoms with Crippen LogP contribution in [0.2, 0.25) is 0 Å². The van der Waals surface area contributed by atoms with Crippen molar-refractivity contribution in [2.45, 2.75) is 6.04 Å². The average molecular weight is 242 g/mol. The van der Waals surface area contributed by atoms with E-state index in [0.717, 1.165) is 0 Å². The number of aliphatic hydroxyl groups excluding tert-OH is 1. The molecule has 0 aliphatic carbocycles. The lowest BCUT2D eigenvalue weighted by Crippen LogP contribution is -2.33. The van der Waals surface area contributed by atoms with Gasteiger partial charge in [-0.3, -0.25) is 9.59 Å². The molecule has 0 rings (SSSR count). The van der Waals surface area contributed by atoms with Crippen LogP contribution in [0.5, 0.6) is 0 Å². The quantitative estimate of drug-likeness (QED) is 0.280. The van der Waals surface area contributed by atoms with Gasteiger partial charge in [0.15, 0.2) is 0 Å². The zero-order chi connectivity index (χ0) is 13.7. The molecule has 0 spiro atoms. The Kier molecular flexibility index (Phi) is 16.1. The van der Waals surface area contributed by atoms with Crippen molar-refractivity contribution in [1.82, 2.24) is 0 Å². The SMILES string of the molecule is NC(CO)C(=O)O.NCC(=O)O.O=C(O)O. The number of rotatable bonds is 3. The fourth-order valence-corrected chi connectivity index (χ4v) is 0.0781. The summed E-state index contributed by atoms with van der Waals surface area (Å²) in [4.78, 5) is 27.4. The van der Waals surface area contributed by atoms with Gasteiger partial charge in [0.25, 0.3) is 0 Å². The van der Waals surface area contributed by atoms with Gasteiger partial charge in [0.2, 0.25) is 0 Å². The molecule has 0 bridgehead atoms. The van der Waals surface area contributed by atoms with Crippen LogP contribution in [0.25, 0.3) is 0 Å². The van der Waals surface area contributed by atoms with Crippen LogP contribution in [0.4, 0.5) is 4.79 Å². The Hall–Kier alpha value is -1.91. The first-order chi connectivity index (χ1) is 7.18. The van der Waals surface area contributed by atoms with E-state index in [-0.39, 0.29) is 6.54 Å². The summed E-state index contributed by atoms with van der Waals surface area (Å²) in [7, 11) is 0. The number of carbonyl (C=O) groups is 3. The normalized spacial score (nSPS) is 9.69. The van der Waals surface area contributed by atoms with Gasteiger partial charge in [-0.2, -0.15) is 0 Å². The summed E-state index contributed by atoms with van der Waals surface area (Å²) in [5.41, 5.74) is 9.34. The Morgan fingerprint density at radius 1 is 1.06 bits per heavy atom. The minimum absolute atomic E-state index is 0.278. The summed E-state index contributed by atoms with van der Waals surface area (Å²) >= 11 is 0. The fourth-order valence-electron chi connectivity index (χ4n) is 0.0781. The Morgan fingerprint density at radius 3 is 1.31 bits per heavy atom. The van der Waals surface area contributed by atoms with Crippen molar-refractivity contribution < 1.29 is 39.9 Å². The van der Waals surface area contributed by atoms with Crippen LogP contribution >= 0.6 is 0 Å². The van der Waals surface area contributed by atoms with Gasteiger partial charge in [0.1, 0.15) is 6.04 Å². The summed E-state index contributed by atoms with van der Waals surface area (Å²) in [5.74, 6) is -2.15. The molecule has 0 aromatic rings. The maximum absolute atomic E-state index is 9.65. The lowest BCUT2D eigenvalue weighted by atomic mass is 10.3. The molecule has 0 heterocycles. The lowest BCUT2D eigenvalue weighted by molar-refractivity contribution is -0.139. The summed E-state index contributed by atoms with van der Waals surface area (Å²) in [6.45, 7) is -0.782. The maximum Gasteiger partial charge on any atom is 0.503 e. The molecule has 0 aromatic heterocycles. The smallest absolute Gasteiger partial charge is 0.480 e. The maximum atomic E-state index is 9.65. The van der Waals surface area contributed by atoms with Crippen molar-refractivity contribution in [3.05, 3.63) is 0 Å². The predicted molar refractivity (Wildman–Crippen MR) is 50.0 cm³/mol. The third kappa shape index (κ3) is 40.1.